The maximum absolute atomic E-state index is 12.9. The summed E-state index contributed by atoms with van der Waals surface area (Å²) in [5.41, 5.74) is 1.41. The molecule has 0 spiro atoms. The Morgan fingerprint density at radius 2 is 2.10 bits per heavy atom. The van der Waals surface area contributed by atoms with E-state index in [4.69, 9.17) is 16.3 Å². The number of rotatable bonds is 5. The zero-order chi connectivity index (χ0) is 21.3. The number of hydrogen-bond acceptors (Lipinski definition) is 6. The predicted molar refractivity (Wildman–Crippen MR) is 116 cm³/mol. The predicted octanol–water partition coefficient (Wildman–Crippen LogP) is 3.26. The first-order valence-corrected chi connectivity index (χ1v) is 11.5. The van der Waals surface area contributed by atoms with Crippen molar-refractivity contribution < 1.29 is 9.53 Å². The number of nitrogens with zero attached hydrogens (tertiary/aromatic N) is 4. The molecule has 9 heteroatoms. The Kier molecular flexibility index (Phi) is 6.34. The van der Waals surface area contributed by atoms with E-state index >= 15 is 0 Å². The molecule has 2 aliphatic heterocycles. The van der Waals surface area contributed by atoms with E-state index in [1.165, 1.54) is 0 Å². The molecule has 0 bridgehead atoms. The van der Waals surface area contributed by atoms with Gasteiger partial charge in [0.1, 0.15) is 10.8 Å². The Morgan fingerprint density at radius 3 is 2.83 bits per heavy atom. The SMILES string of the molecule is Cc1nc2n(c(=O)c1C)C(CC(=O)N1CCC(COc3ccncc3Cl)CC1)CS2. The standard InChI is InChI=1S/C21H25ClN4O3S/c1-13-14(2)24-21-26(20(13)28)16(12-30-21)9-19(27)25-7-4-15(5-8-25)11-29-18-3-6-23-10-17(18)22/h3,6,10,15-16H,4-5,7-9,11-12H2,1-2H3. The van der Waals surface area contributed by atoms with E-state index < -0.39 is 0 Å². The van der Waals surface area contributed by atoms with Crippen LogP contribution in [0.2, 0.25) is 5.02 Å². The molecule has 30 heavy (non-hydrogen) atoms. The lowest BCUT2D eigenvalue weighted by Gasteiger charge is -2.32. The van der Waals surface area contributed by atoms with Gasteiger partial charge < -0.3 is 9.64 Å². The molecule has 0 radical (unpaired) electrons. The summed E-state index contributed by atoms with van der Waals surface area (Å²) in [4.78, 5) is 35.9. The molecule has 0 saturated carbocycles. The van der Waals surface area contributed by atoms with Crippen LogP contribution in [0.5, 0.6) is 5.75 Å². The average Bonchev–Trinajstić information content (AvgIpc) is 3.14. The number of hydrogen-bond donors (Lipinski definition) is 0. The van der Waals surface area contributed by atoms with Crippen LogP contribution in [0, 0.1) is 19.8 Å². The fourth-order valence-electron chi connectivity index (χ4n) is 3.89. The van der Waals surface area contributed by atoms with Crippen molar-refractivity contribution in [2.45, 2.75) is 44.3 Å². The topological polar surface area (TPSA) is 77.3 Å². The summed E-state index contributed by atoms with van der Waals surface area (Å²) < 4.78 is 7.54. The third kappa shape index (κ3) is 4.34. The van der Waals surface area contributed by atoms with Crippen LogP contribution in [0.4, 0.5) is 0 Å². The van der Waals surface area contributed by atoms with Crippen molar-refractivity contribution in [2.24, 2.45) is 5.92 Å². The van der Waals surface area contributed by atoms with Crippen molar-refractivity contribution in [1.29, 1.82) is 0 Å². The number of piperidine rings is 1. The second-order valence-electron chi connectivity index (χ2n) is 7.89. The van der Waals surface area contributed by atoms with Crippen LogP contribution in [0.25, 0.3) is 0 Å². The van der Waals surface area contributed by atoms with E-state index in [-0.39, 0.29) is 17.5 Å². The molecule has 2 aliphatic rings. The van der Waals surface area contributed by atoms with Gasteiger partial charge in [0.15, 0.2) is 5.16 Å². The molecule has 1 saturated heterocycles. The molecule has 0 aliphatic carbocycles. The van der Waals surface area contributed by atoms with Gasteiger partial charge in [-0.25, -0.2) is 4.98 Å². The fraction of sp³-hybridized carbons (Fsp3) is 0.524. The van der Waals surface area contributed by atoms with E-state index in [1.807, 2.05) is 11.8 Å². The van der Waals surface area contributed by atoms with Crippen LogP contribution >= 0.6 is 23.4 Å². The Hall–Kier alpha value is -2.06. The van der Waals surface area contributed by atoms with Gasteiger partial charge in [-0.05, 0) is 32.6 Å². The average molecular weight is 449 g/mol. The number of likely N-dealkylation sites (tertiary alicyclic amines) is 1. The van der Waals surface area contributed by atoms with Crippen molar-refractivity contribution in [2.75, 3.05) is 25.4 Å². The Labute approximate surface area is 184 Å². The molecule has 1 unspecified atom stereocenters. The minimum atomic E-state index is -0.119. The largest absolute Gasteiger partial charge is 0.492 e. The first-order valence-electron chi connectivity index (χ1n) is 10.2. The van der Waals surface area contributed by atoms with E-state index in [0.717, 1.165) is 23.7 Å². The lowest BCUT2D eigenvalue weighted by molar-refractivity contribution is -0.133. The number of fused-ring (bicyclic) bond motifs is 1. The lowest BCUT2D eigenvalue weighted by atomic mass is 9.97. The molecule has 7 nitrogen and oxygen atoms in total. The van der Waals surface area contributed by atoms with Gasteiger partial charge in [-0.1, -0.05) is 23.4 Å². The van der Waals surface area contributed by atoms with Gasteiger partial charge in [-0.15, -0.1) is 0 Å². The number of halogens is 1. The van der Waals surface area contributed by atoms with Crippen LogP contribution in [0.1, 0.15) is 36.6 Å². The summed E-state index contributed by atoms with van der Waals surface area (Å²) in [7, 11) is 0. The zero-order valence-corrected chi connectivity index (χ0v) is 18.7. The normalized spacial score (nSPS) is 19.0. The Bertz CT molecular complexity index is 1000. The Morgan fingerprint density at radius 1 is 1.33 bits per heavy atom. The number of ether oxygens (including phenoxy) is 1. The number of aromatic nitrogens is 3. The summed E-state index contributed by atoms with van der Waals surface area (Å²) in [5.74, 6) is 1.86. The van der Waals surface area contributed by atoms with Crippen molar-refractivity contribution in [3.05, 3.63) is 45.1 Å². The van der Waals surface area contributed by atoms with E-state index in [9.17, 15) is 9.59 Å². The molecule has 1 atom stereocenters. The lowest BCUT2D eigenvalue weighted by Crippen LogP contribution is -2.41. The minimum absolute atomic E-state index is 0.0223. The number of carbonyl (C=O) groups excluding carboxylic acids is 1. The third-order valence-electron chi connectivity index (χ3n) is 5.91. The first kappa shape index (κ1) is 21.2. The molecular weight excluding hydrogens is 424 g/mol. The number of amides is 1. The fourth-order valence-corrected chi connectivity index (χ4v) is 5.24. The highest BCUT2D eigenvalue weighted by molar-refractivity contribution is 7.99. The van der Waals surface area contributed by atoms with Crippen LogP contribution in [0.15, 0.2) is 28.4 Å². The maximum Gasteiger partial charge on any atom is 0.257 e. The van der Waals surface area contributed by atoms with Crippen LogP contribution < -0.4 is 10.3 Å². The Balaban J connectivity index is 1.30. The van der Waals surface area contributed by atoms with Crippen molar-refractivity contribution >= 4 is 29.3 Å². The van der Waals surface area contributed by atoms with E-state index in [2.05, 4.69) is 9.97 Å². The van der Waals surface area contributed by atoms with Crippen LogP contribution in [-0.2, 0) is 4.79 Å². The molecule has 2 aromatic rings. The molecule has 160 valence electrons. The summed E-state index contributed by atoms with van der Waals surface area (Å²) in [6.45, 7) is 5.66. The summed E-state index contributed by atoms with van der Waals surface area (Å²) in [5, 5.41) is 1.24. The minimum Gasteiger partial charge on any atom is -0.492 e. The number of carbonyl (C=O) groups is 1. The van der Waals surface area contributed by atoms with Crippen LogP contribution in [0.3, 0.4) is 0 Å². The molecule has 2 aromatic heterocycles. The van der Waals surface area contributed by atoms with Gasteiger partial charge in [-0.2, -0.15) is 0 Å². The summed E-state index contributed by atoms with van der Waals surface area (Å²) in [6, 6.07) is 1.64. The van der Waals surface area contributed by atoms with Gasteiger partial charge in [0.05, 0.1) is 12.6 Å². The quantitative estimate of drug-likeness (QED) is 0.653. The zero-order valence-electron chi connectivity index (χ0n) is 17.1. The second-order valence-corrected chi connectivity index (χ2v) is 9.28. The molecule has 0 aromatic carbocycles. The highest BCUT2D eigenvalue weighted by atomic mass is 35.5. The van der Waals surface area contributed by atoms with Gasteiger partial charge in [-0.3, -0.25) is 19.1 Å². The van der Waals surface area contributed by atoms with E-state index in [0.29, 0.717) is 54.1 Å². The van der Waals surface area contributed by atoms with Crippen molar-refractivity contribution in [3.63, 3.8) is 0 Å². The summed E-state index contributed by atoms with van der Waals surface area (Å²) in [6.07, 6.45) is 5.36. The highest BCUT2D eigenvalue weighted by Gasteiger charge is 2.31. The van der Waals surface area contributed by atoms with Crippen molar-refractivity contribution in [1.82, 2.24) is 19.4 Å². The number of pyridine rings is 1. The molecular formula is C21H25ClN4O3S. The monoisotopic (exact) mass is 448 g/mol. The number of aryl methyl sites for hydroxylation is 1. The molecule has 4 heterocycles. The van der Waals surface area contributed by atoms with Gasteiger partial charge in [0, 0.05) is 55.0 Å². The second kappa shape index (κ2) is 8.98. The summed E-state index contributed by atoms with van der Waals surface area (Å²) >= 11 is 7.64. The van der Waals surface area contributed by atoms with Gasteiger partial charge >= 0.3 is 0 Å². The van der Waals surface area contributed by atoms with Crippen LogP contribution in [-0.4, -0.2) is 50.8 Å². The van der Waals surface area contributed by atoms with E-state index in [1.54, 1.807) is 41.7 Å². The molecule has 1 amide bonds. The third-order valence-corrected chi connectivity index (χ3v) is 7.29. The van der Waals surface area contributed by atoms with Gasteiger partial charge in [0.2, 0.25) is 5.91 Å². The first-order chi connectivity index (χ1) is 14.4. The van der Waals surface area contributed by atoms with Crippen molar-refractivity contribution in [3.8, 4) is 5.75 Å². The molecule has 0 N–H and O–H groups in total. The molecule has 1 fully saturated rings. The van der Waals surface area contributed by atoms with Gasteiger partial charge in [0.25, 0.3) is 5.56 Å². The highest BCUT2D eigenvalue weighted by Crippen LogP contribution is 2.33. The number of thioether (sulfide) groups is 1. The molecule has 4 rings (SSSR count). The maximum atomic E-state index is 12.9. The smallest absolute Gasteiger partial charge is 0.257 e.